The Morgan fingerprint density at radius 2 is 2.00 bits per heavy atom. The van der Waals surface area contributed by atoms with Crippen LogP contribution in [-0.2, 0) is 27.4 Å². The number of aryl methyl sites for hydroxylation is 1. The number of rotatable bonds is 7. The molecule has 0 aliphatic carbocycles. The lowest BCUT2D eigenvalue weighted by Gasteiger charge is -2.21. The molecule has 150 valence electrons. The second-order valence-electron chi connectivity index (χ2n) is 7.22. The molecule has 1 amide bonds. The van der Waals surface area contributed by atoms with Crippen molar-refractivity contribution in [1.82, 2.24) is 20.0 Å². The van der Waals surface area contributed by atoms with Gasteiger partial charge in [0.05, 0.1) is 25.9 Å². The van der Waals surface area contributed by atoms with Gasteiger partial charge >= 0.3 is 5.97 Å². The minimum Gasteiger partial charge on any atom is -0.468 e. The molecule has 1 N–H and O–H groups in total. The van der Waals surface area contributed by atoms with Crippen molar-refractivity contribution in [3.05, 3.63) is 52.8 Å². The lowest BCUT2D eigenvalue weighted by atomic mass is 10.2. The Bertz CT molecular complexity index is 832. The molecule has 3 rings (SSSR count). The molecule has 1 fully saturated rings. The number of carbonyl (C=O) groups excluding carboxylic acids is 2. The van der Waals surface area contributed by atoms with Crippen molar-refractivity contribution in [3.63, 3.8) is 0 Å². The van der Waals surface area contributed by atoms with Crippen LogP contribution in [0.5, 0.6) is 0 Å². The third-order valence-electron chi connectivity index (χ3n) is 5.35. The van der Waals surface area contributed by atoms with Crippen molar-refractivity contribution < 1.29 is 14.3 Å². The predicted octanol–water partition coefficient (Wildman–Crippen LogP) is 1.80. The van der Waals surface area contributed by atoms with Crippen molar-refractivity contribution >= 4 is 11.9 Å². The maximum absolute atomic E-state index is 12.4. The first-order chi connectivity index (χ1) is 13.5. The molecule has 1 saturated heterocycles. The number of nitrogens with one attached hydrogen (secondary N) is 1. The lowest BCUT2D eigenvalue weighted by molar-refractivity contribution is -0.146. The maximum Gasteiger partial charge on any atom is 0.323 e. The predicted molar refractivity (Wildman–Crippen MR) is 106 cm³/mol. The second-order valence-corrected chi connectivity index (χ2v) is 7.22. The first-order valence-corrected chi connectivity index (χ1v) is 9.65. The minimum atomic E-state index is -0.312. The molecule has 7 nitrogen and oxygen atoms in total. The van der Waals surface area contributed by atoms with Gasteiger partial charge in [0.1, 0.15) is 6.04 Å². The summed E-state index contributed by atoms with van der Waals surface area (Å²) in [5, 5.41) is 7.60. The summed E-state index contributed by atoms with van der Waals surface area (Å²) < 4.78 is 6.81. The number of benzene rings is 1. The van der Waals surface area contributed by atoms with Gasteiger partial charge < -0.3 is 10.1 Å². The monoisotopic (exact) mass is 384 g/mol. The average molecular weight is 384 g/mol. The van der Waals surface area contributed by atoms with Crippen LogP contribution in [0.25, 0.3) is 0 Å². The number of likely N-dealkylation sites (tertiary alicyclic amines) is 1. The fourth-order valence-electron chi connectivity index (χ4n) is 3.75. The fraction of sp³-hybridized carbons (Fsp3) is 0.476. The number of carbonyl (C=O) groups is 2. The summed E-state index contributed by atoms with van der Waals surface area (Å²) in [4.78, 5) is 26.1. The number of esters is 1. The topological polar surface area (TPSA) is 76.5 Å². The minimum absolute atomic E-state index is 0.0922. The summed E-state index contributed by atoms with van der Waals surface area (Å²) in [7, 11) is 1.39. The summed E-state index contributed by atoms with van der Waals surface area (Å²) in [6, 6.07) is 9.87. The Hall–Kier alpha value is -2.67. The van der Waals surface area contributed by atoms with Gasteiger partial charge in [-0.3, -0.25) is 19.2 Å². The van der Waals surface area contributed by atoms with Gasteiger partial charge in [-0.2, -0.15) is 5.10 Å². The lowest BCUT2D eigenvalue weighted by Crippen LogP contribution is -2.43. The molecule has 0 bridgehead atoms. The fourth-order valence-corrected chi connectivity index (χ4v) is 3.75. The van der Waals surface area contributed by atoms with E-state index in [2.05, 4.69) is 22.5 Å². The van der Waals surface area contributed by atoms with E-state index in [4.69, 9.17) is 4.74 Å². The smallest absolute Gasteiger partial charge is 0.323 e. The van der Waals surface area contributed by atoms with Crippen molar-refractivity contribution in [2.45, 2.75) is 45.8 Å². The van der Waals surface area contributed by atoms with Crippen LogP contribution in [0.1, 0.15) is 35.4 Å². The molecule has 1 unspecified atom stereocenters. The van der Waals surface area contributed by atoms with Crippen LogP contribution < -0.4 is 5.32 Å². The second kappa shape index (κ2) is 9.01. The van der Waals surface area contributed by atoms with Crippen LogP contribution >= 0.6 is 0 Å². The maximum atomic E-state index is 12.4. The standard InChI is InChI=1S/C21H28N4O3/c1-15-18(16(2)25(23-15)13-17-8-5-4-6-9-17)12-22-20(26)14-24-11-7-10-19(24)21(27)28-3/h4-6,8-9,19H,7,10-14H2,1-3H3,(H,22,26). The van der Waals surface area contributed by atoms with Crippen molar-refractivity contribution in [1.29, 1.82) is 0 Å². The van der Waals surface area contributed by atoms with Gasteiger partial charge in [-0.05, 0) is 38.8 Å². The van der Waals surface area contributed by atoms with Crippen LogP contribution in [0.4, 0.5) is 0 Å². The Morgan fingerprint density at radius 1 is 1.25 bits per heavy atom. The largest absolute Gasteiger partial charge is 0.468 e. The third kappa shape index (κ3) is 4.59. The van der Waals surface area contributed by atoms with E-state index in [0.717, 1.165) is 36.3 Å². The Morgan fingerprint density at radius 3 is 2.71 bits per heavy atom. The Balaban J connectivity index is 1.58. The van der Waals surface area contributed by atoms with Gasteiger partial charge in [-0.25, -0.2) is 0 Å². The molecule has 1 aromatic carbocycles. The number of amides is 1. The van der Waals surface area contributed by atoms with E-state index >= 15 is 0 Å². The normalized spacial score (nSPS) is 16.9. The van der Waals surface area contributed by atoms with Gasteiger partial charge in [-0.15, -0.1) is 0 Å². The van der Waals surface area contributed by atoms with E-state index in [1.807, 2.05) is 41.6 Å². The third-order valence-corrected chi connectivity index (χ3v) is 5.35. The first kappa shape index (κ1) is 20.1. The summed E-state index contributed by atoms with van der Waals surface area (Å²) in [5.74, 6) is -0.357. The molecule has 7 heteroatoms. The quantitative estimate of drug-likeness (QED) is 0.737. The molecule has 0 spiro atoms. The number of hydrogen-bond acceptors (Lipinski definition) is 5. The molecule has 0 saturated carbocycles. The summed E-state index contributed by atoms with van der Waals surface area (Å²) in [5.41, 5.74) is 4.19. The molecule has 0 radical (unpaired) electrons. The highest BCUT2D eigenvalue weighted by molar-refractivity contribution is 5.80. The van der Waals surface area contributed by atoms with E-state index in [0.29, 0.717) is 13.1 Å². The Labute approximate surface area is 165 Å². The molecule has 1 aromatic heterocycles. The zero-order valence-electron chi connectivity index (χ0n) is 16.8. The van der Waals surface area contributed by atoms with Gasteiger partial charge in [0.25, 0.3) is 0 Å². The number of ether oxygens (including phenoxy) is 1. The highest BCUT2D eigenvalue weighted by Crippen LogP contribution is 2.18. The first-order valence-electron chi connectivity index (χ1n) is 9.65. The molecular weight excluding hydrogens is 356 g/mol. The van der Waals surface area contributed by atoms with Crippen molar-refractivity contribution in [3.8, 4) is 0 Å². The van der Waals surface area contributed by atoms with Gasteiger partial charge in [-0.1, -0.05) is 30.3 Å². The number of nitrogens with zero attached hydrogens (tertiary/aromatic N) is 3. The van der Waals surface area contributed by atoms with E-state index in [-0.39, 0.29) is 24.5 Å². The molecule has 2 heterocycles. The van der Waals surface area contributed by atoms with Gasteiger partial charge in [0.2, 0.25) is 5.91 Å². The van der Waals surface area contributed by atoms with Crippen molar-refractivity contribution in [2.24, 2.45) is 0 Å². The summed E-state index contributed by atoms with van der Waals surface area (Å²) in [6.45, 7) is 6.07. The molecule has 28 heavy (non-hydrogen) atoms. The van der Waals surface area contributed by atoms with E-state index < -0.39 is 0 Å². The Kier molecular flexibility index (Phi) is 6.46. The molecule has 2 aromatic rings. The van der Waals surface area contributed by atoms with E-state index in [1.165, 1.54) is 12.7 Å². The van der Waals surface area contributed by atoms with Crippen LogP contribution in [-0.4, -0.2) is 52.8 Å². The SMILES string of the molecule is COC(=O)C1CCCN1CC(=O)NCc1c(C)nn(Cc2ccccc2)c1C. The number of hydrogen-bond donors (Lipinski definition) is 1. The molecule has 1 aliphatic rings. The summed E-state index contributed by atoms with van der Waals surface area (Å²) >= 11 is 0. The number of methoxy groups -OCH3 is 1. The molecule has 1 atom stereocenters. The van der Waals surface area contributed by atoms with Crippen molar-refractivity contribution in [2.75, 3.05) is 20.2 Å². The average Bonchev–Trinajstić information content (AvgIpc) is 3.25. The van der Waals surface area contributed by atoms with Crippen LogP contribution in [0.15, 0.2) is 30.3 Å². The van der Waals surface area contributed by atoms with Crippen LogP contribution in [0.3, 0.4) is 0 Å². The van der Waals surface area contributed by atoms with E-state index in [9.17, 15) is 9.59 Å². The number of aromatic nitrogens is 2. The summed E-state index contributed by atoms with van der Waals surface area (Å²) in [6.07, 6.45) is 1.64. The molecule has 1 aliphatic heterocycles. The van der Waals surface area contributed by atoms with E-state index in [1.54, 1.807) is 0 Å². The highest BCUT2D eigenvalue weighted by atomic mass is 16.5. The highest BCUT2D eigenvalue weighted by Gasteiger charge is 2.32. The van der Waals surface area contributed by atoms with Crippen LogP contribution in [0.2, 0.25) is 0 Å². The van der Waals surface area contributed by atoms with Gasteiger partial charge in [0, 0.05) is 17.8 Å². The molecular formula is C21H28N4O3. The van der Waals surface area contributed by atoms with Gasteiger partial charge in [0.15, 0.2) is 0 Å². The van der Waals surface area contributed by atoms with Crippen LogP contribution in [0, 0.1) is 13.8 Å². The zero-order valence-corrected chi connectivity index (χ0v) is 16.8. The zero-order chi connectivity index (χ0) is 20.1.